The van der Waals surface area contributed by atoms with Crippen molar-refractivity contribution in [2.75, 3.05) is 25.1 Å². The lowest BCUT2D eigenvalue weighted by atomic mass is 9.99. The van der Waals surface area contributed by atoms with Gasteiger partial charge in [-0.1, -0.05) is 41.0 Å². The fraction of sp³-hybridized carbons (Fsp3) is 0.387. The lowest BCUT2D eigenvalue weighted by Gasteiger charge is -2.37. The molecule has 18 heteroatoms. The minimum absolute atomic E-state index is 0.000552. The third-order valence-corrected chi connectivity index (χ3v) is 10.9. The maximum Gasteiger partial charge on any atom is 0.420 e. The monoisotopic (exact) mass is 766 g/mol. The summed E-state index contributed by atoms with van der Waals surface area (Å²) in [6, 6.07) is 4.49. The quantitative estimate of drug-likeness (QED) is 0.181. The number of carbonyl (C=O) groups excluding carboxylic acids is 2. The summed E-state index contributed by atoms with van der Waals surface area (Å²) >= 11 is 18.5. The molecule has 2 aliphatic heterocycles. The number of aliphatic hydroxyl groups is 1. The molecule has 3 aromatic rings. The molecule has 0 unspecified atom stereocenters. The molecule has 2 N–H and O–H groups in total. The Kier molecular flexibility index (Phi) is 9.54. The number of amides is 3. The molecule has 49 heavy (non-hydrogen) atoms. The minimum Gasteiger partial charge on any atom is -0.494 e. The second-order valence-electron chi connectivity index (χ2n) is 11.7. The van der Waals surface area contributed by atoms with E-state index in [2.05, 4.69) is 0 Å². The number of nitrogens with zero attached hydrogens (tertiary/aromatic N) is 3. The molecule has 3 aliphatic rings. The summed E-state index contributed by atoms with van der Waals surface area (Å²) in [5.74, 6) is -1.67. The van der Waals surface area contributed by atoms with E-state index in [1.165, 1.54) is 23.1 Å². The Bertz CT molecular complexity index is 1920. The highest BCUT2D eigenvalue weighted by Gasteiger charge is 2.45. The van der Waals surface area contributed by atoms with Crippen LogP contribution in [0.2, 0.25) is 10.0 Å². The molecule has 1 saturated carbocycles. The number of hydrogen-bond donors (Lipinski definition) is 2. The van der Waals surface area contributed by atoms with Crippen LogP contribution in [0, 0.1) is 0 Å². The van der Waals surface area contributed by atoms with E-state index >= 15 is 0 Å². The van der Waals surface area contributed by atoms with Crippen molar-refractivity contribution in [1.82, 2.24) is 14.8 Å². The fourth-order valence-electron chi connectivity index (χ4n) is 6.09. The van der Waals surface area contributed by atoms with Gasteiger partial charge in [-0.15, -0.1) is 0 Å². The van der Waals surface area contributed by atoms with Crippen LogP contribution in [-0.4, -0.2) is 58.1 Å². The largest absolute Gasteiger partial charge is 0.494 e. The van der Waals surface area contributed by atoms with Crippen LogP contribution in [0.4, 0.5) is 32.4 Å². The first-order valence-corrected chi connectivity index (χ1v) is 16.8. The standard InChI is InChI=1S/C31H26Cl3F5N4O5S/c1-48-25-19(43-8-2-7-42(29(43)47)16-4-5-16)9-15-11-41(12-17(15)23(25)31(37,38)39)28(46)22-20(10-21(30(34,35)36)40-27(22)45)49-26-18(32)6-3-14(13-44)24(26)33/h3,6,9-10,16,44H,2,4-5,7-8,11-13H2,1H3,(H,40,45). The normalized spacial score (nSPS) is 16.8. The smallest absolute Gasteiger partial charge is 0.420 e. The van der Waals surface area contributed by atoms with Crippen LogP contribution >= 0.6 is 46.6 Å². The third-order valence-electron chi connectivity index (χ3n) is 8.51. The zero-order chi connectivity index (χ0) is 35.6. The molecule has 0 spiro atoms. The molecule has 2 fully saturated rings. The van der Waals surface area contributed by atoms with Crippen LogP contribution in [0.3, 0.4) is 0 Å². The van der Waals surface area contributed by atoms with Gasteiger partial charge in [-0.05, 0) is 65.8 Å². The molecule has 6 rings (SSSR count). The molecule has 0 atom stereocenters. The lowest BCUT2D eigenvalue weighted by Crippen LogP contribution is -2.50. The van der Waals surface area contributed by atoms with Crippen molar-refractivity contribution in [3.63, 3.8) is 0 Å². The number of H-pyrrole nitrogens is 1. The van der Waals surface area contributed by atoms with Crippen molar-refractivity contribution >= 4 is 64.2 Å². The van der Waals surface area contributed by atoms with Crippen LogP contribution in [0.15, 0.2) is 38.9 Å². The predicted molar refractivity (Wildman–Crippen MR) is 172 cm³/mol. The number of halogens is 8. The molecule has 0 bridgehead atoms. The van der Waals surface area contributed by atoms with Gasteiger partial charge in [0.15, 0.2) is 5.75 Å². The van der Waals surface area contributed by atoms with Gasteiger partial charge in [0.2, 0.25) is 0 Å². The number of aromatic amines is 1. The highest BCUT2D eigenvalue weighted by Crippen LogP contribution is 2.49. The number of aliphatic hydroxyl groups excluding tert-OH is 1. The van der Waals surface area contributed by atoms with Gasteiger partial charge in [-0.2, -0.15) is 22.0 Å². The van der Waals surface area contributed by atoms with E-state index in [4.69, 9.17) is 39.5 Å². The Morgan fingerprint density at radius 2 is 1.82 bits per heavy atom. The van der Waals surface area contributed by atoms with Gasteiger partial charge in [0, 0.05) is 42.0 Å². The Hall–Kier alpha value is -3.24. The second-order valence-corrected chi connectivity index (χ2v) is 14.0. The number of anilines is 1. The minimum atomic E-state index is -4.98. The van der Waals surface area contributed by atoms with Gasteiger partial charge < -0.3 is 24.6 Å². The van der Waals surface area contributed by atoms with Gasteiger partial charge in [-0.25, -0.2) is 4.79 Å². The van der Waals surface area contributed by atoms with Crippen LogP contribution < -0.4 is 15.2 Å². The molecule has 1 aromatic heterocycles. The summed E-state index contributed by atoms with van der Waals surface area (Å²) in [5.41, 5.74) is -4.35. The zero-order valence-electron chi connectivity index (χ0n) is 25.4. The molecule has 0 radical (unpaired) electrons. The molecule has 262 valence electrons. The van der Waals surface area contributed by atoms with E-state index < -0.39 is 71.3 Å². The Balaban J connectivity index is 1.43. The number of ether oxygens (including phenoxy) is 1. The first-order valence-electron chi connectivity index (χ1n) is 14.8. The highest BCUT2D eigenvalue weighted by molar-refractivity contribution is 7.99. The number of fused-ring (bicyclic) bond motifs is 1. The molecule has 3 amide bonds. The molecule has 9 nitrogen and oxygen atoms in total. The number of pyridine rings is 1. The van der Waals surface area contributed by atoms with Crippen LogP contribution in [-0.2, 0) is 31.3 Å². The molecule has 3 heterocycles. The van der Waals surface area contributed by atoms with Gasteiger partial charge >= 0.3 is 17.6 Å². The number of methoxy groups -OCH3 is 1. The molecule has 1 saturated heterocycles. The summed E-state index contributed by atoms with van der Waals surface area (Å²) in [5, 5.41) is 5.51. The zero-order valence-corrected chi connectivity index (χ0v) is 28.5. The molecular weight excluding hydrogens is 742 g/mol. The van der Waals surface area contributed by atoms with Crippen molar-refractivity contribution in [3.05, 3.63) is 78.2 Å². The average Bonchev–Trinajstić information content (AvgIpc) is 3.78. The SMILES string of the molecule is COc1c(N2CCCN(C3CC3)C2=O)cc2c(c1C(F)(F)F)CN(C(=O)c1c(Sc3c(Cl)ccc(CO)c3Cl)cc(C(F)(F)Cl)[nH]c1=O)C2. The second kappa shape index (κ2) is 13.1. The van der Waals surface area contributed by atoms with E-state index in [1.807, 2.05) is 4.98 Å². The van der Waals surface area contributed by atoms with Crippen molar-refractivity contribution in [1.29, 1.82) is 0 Å². The van der Waals surface area contributed by atoms with E-state index in [0.717, 1.165) is 30.9 Å². The summed E-state index contributed by atoms with van der Waals surface area (Å²) in [4.78, 5) is 46.2. The van der Waals surface area contributed by atoms with E-state index in [1.54, 1.807) is 4.90 Å². The van der Waals surface area contributed by atoms with Crippen LogP contribution in [0.25, 0.3) is 0 Å². The predicted octanol–water partition coefficient (Wildman–Crippen LogP) is 7.59. The maximum atomic E-state index is 14.8. The van der Waals surface area contributed by atoms with Gasteiger partial charge in [0.1, 0.15) is 16.8 Å². The number of aromatic nitrogens is 1. The molecule has 1 aliphatic carbocycles. The van der Waals surface area contributed by atoms with E-state index in [-0.39, 0.29) is 54.8 Å². The first kappa shape index (κ1) is 35.6. The van der Waals surface area contributed by atoms with Crippen molar-refractivity contribution < 1.29 is 41.4 Å². The topological polar surface area (TPSA) is 106 Å². The average molecular weight is 768 g/mol. The van der Waals surface area contributed by atoms with Crippen LogP contribution in [0.1, 0.15) is 57.6 Å². The highest BCUT2D eigenvalue weighted by atomic mass is 35.5. The summed E-state index contributed by atoms with van der Waals surface area (Å²) < 4.78 is 78.1. The number of benzene rings is 2. The van der Waals surface area contributed by atoms with E-state index in [0.29, 0.717) is 24.7 Å². The number of hydrogen-bond acceptors (Lipinski definition) is 6. The number of urea groups is 1. The Morgan fingerprint density at radius 3 is 2.43 bits per heavy atom. The number of alkyl halides is 6. The fourth-order valence-corrected chi connectivity index (χ4v) is 7.92. The molecular formula is C31H26Cl3F5N4O5S. The van der Waals surface area contributed by atoms with Gasteiger partial charge in [0.05, 0.1) is 29.4 Å². The van der Waals surface area contributed by atoms with Crippen molar-refractivity contribution in [2.45, 2.75) is 66.3 Å². The number of rotatable bonds is 8. The first-order chi connectivity index (χ1) is 23.0. The number of nitrogens with one attached hydrogen (secondary N) is 1. The number of carbonyl (C=O) groups is 2. The maximum absolute atomic E-state index is 14.8. The lowest BCUT2D eigenvalue weighted by molar-refractivity contribution is -0.139. The summed E-state index contributed by atoms with van der Waals surface area (Å²) in [6.07, 6.45) is -2.85. The third kappa shape index (κ3) is 6.67. The van der Waals surface area contributed by atoms with Crippen molar-refractivity contribution in [2.24, 2.45) is 0 Å². The Labute approximate surface area is 294 Å². The Morgan fingerprint density at radius 1 is 1.10 bits per heavy atom. The van der Waals surface area contributed by atoms with E-state index in [9.17, 15) is 41.4 Å². The summed E-state index contributed by atoms with van der Waals surface area (Å²) in [7, 11) is 1.06. The van der Waals surface area contributed by atoms with Gasteiger partial charge in [0.25, 0.3) is 11.5 Å². The van der Waals surface area contributed by atoms with Crippen molar-refractivity contribution in [3.8, 4) is 5.75 Å². The van der Waals surface area contributed by atoms with Gasteiger partial charge in [-0.3, -0.25) is 14.5 Å². The van der Waals surface area contributed by atoms with Crippen LogP contribution in [0.5, 0.6) is 5.75 Å². The molecule has 2 aromatic carbocycles. The summed E-state index contributed by atoms with van der Waals surface area (Å²) in [6.45, 7) is -0.934.